The molecular formula is C22H15Cl2F3N6O. The Morgan fingerprint density at radius 1 is 1.15 bits per heavy atom. The molecule has 1 N–H and O–H groups in total. The molecule has 7 nitrogen and oxygen atoms in total. The summed E-state index contributed by atoms with van der Waals surface area (Å²) in [6.07, 6.45) is -0.164. The van der Waals surface area contributed by atoms with Crippen LogP contribution in [0.2, 0.25) is 10.0 Å². The summed E-state index contributed by atoms with van der Waals surface area (Å²) in [6.45, 7) is 0.480. The number of hydrogen-bond donors (Lipinski definition) is 1. The molecule has 12 heteroatoms. The van der Waals surface area contributed by atoms with Crippen molar-refractivity contribution in [3.05, 3.63) is 69.7 Å². The largest absolute Gasteiger partial charge is 0.417 e. The number of aromatic nitrogens is 5. The highest BCUT2D eigenvalue weighted by Crippen LogP contribution is 2.62. The highest BCUT2D eigenvalue weighted by Gasteiger charge is 2.66. The Bertz CT molecular complexity index is 1450. The molecule has 34 heavy (non-hydrogen) atoms. The lowest BCUT2D eigenvalue weighted by molar-refractivity contribution is -0.137. The number of nitrogens with one attached hydrogen (secondary N) is 1. The Balaban J connectivity index is 1.42. The lowest BCUT2D eigenvalue weighted by Gasteiger charge is -2.28. The van der Waals surface area contributed by atoms with Crippen molar-refractivity contribution in [3.63, 3.8) is 0 Å². The standard InChI is InChI=1S/C22H15Cl2F3N6O/c23-12-1-2-18(33-28-4-5-29-33)13(7-12)19(34)32-6-3-11-10-21(11,32)20-30-16-8-14(22(25,26)27)15(24)9-17(16)31-20/h1-2,4-5,7-9,11H,3,6,10H2,(H,30,31)/t11-,21+/m1/s1. The fourth-order valence-electron chi connectivity index (χ4n) is 4.97. The van der Waals surface area contributed by atoms with E-state index < -0.39 is 22.3 Å². The molecule has 0 spiro atoms. The second kappa shape index (κ2) is 7.19. The van der Waals surface area contributed by atoms with E-state index in [9.17, 15) is 18.0 Å². The van der Waals surface area contributed by atoms with Crippen LogP contribution >= 0.6 is 23.2 Å². The molecule has 174 valence electrons. The zero-order valence-electron chi connectivity index (χ0n) is 17.3. The molecule has 1 saturated heterocycles. The van der Waals surface area contributed by atoms with Gasteiger partial charge in [-0.1, -0.05) is 23.2 Å². The molecule has 1 amide bonds. The van der Waals surface area contributed by atoms with Crippen molar-refractivity contribution < 1.29 is 18.0 Å². The van der Waals surface area contributed by atoms with E-state index in [0.717, 1.165) is 12.5 Å². The van der Waals surface area contributed by atoms with Gasteiger partial charge in [-0.2, -0.15) is 28.2 Å². The zero-order chi connectivity index (χ0) is 23.8. The van der Waals surface area contributed by atoms with Gasteiger partial charge in [0.15, 0.2) is 0 Å². The van der Waals surface area contributed by atoms with Crippen LogP contribution in [0, 0.1) is 5.92 Å². The summed E-state index contributed by atoms with van der Waals surface area (Å²) in [5.74, 6) is 0.332. The molecule has 6 rings (SSSR count). The Morgan fingerprint density at radius 3 is 2.62 bits per heavy atom. The molecule has 2 aromatic heterocycles. The molecule has 0 unspecified atom stereocenters. The second-order valence-electron chi connectivity index (χ2n) is 8.48. The van der Waals surface area contributed by atoms with Gasteiger partial charge in [-0.15, -0.1) is 0 Å². The average Bonchev–Trinajstić information content (AvgIpc) is 3.19. The van der Waals surface area contributed by atoms with E-state index in [2.05, 4.69) is 20.2 Å². The minimum absolute atomic E-state index is 0.148. The predicted molar refractivity (Wildman–Crippen MR) is 118 cm³/mol. The molecule has 2 aliphatic rings. The number of H-pyrrole nitrogens is 1. The molecule has 1 aliphatic carbocycles. The molecule has 0 bridgehead atoms. The van der Waals surface area contributed by atoms with Gasteiger partial charge >= 0.3 is 6.18 Å². The Labute approximate surface area is 200 Å². The maximum Gasteiger partial charge on any atom is 0.417 e. The number of fused-ring (bicyclic) bond motifs is 2. The van der Waals surface area contributed by atoms with Crippen LogP contribution in [0.3, 0.4) is 0 Å². The maximum absolute atomic E-state index is 13.8. The highest BCUT2D eigenvalue weighted by molar-refractivity contribution is 6.32. The van der Waals surface area contributed by atoms with E-state index in [1.807, 2.05) is 0 Å². The van der Waals surface area contributed by atoms with Gasteiger partial charge in [0.2, 0.25) is 0 Å². The third-order valence-corrected chi connectivity index (χ3v) is 7.16. The average molecular weight is 507 g/mol. The summed E-state index contributed by atoms with van der Waals surface area (Å²) >= 11 is 12.1. The number of imidazole rings is 1. The van der Waals surface area contributed by atoms with Gasteiger partial charge in [0, 0.05) is 11.6 Å². The van der Waals surface area contributed by atoms with E-state index in [-0.39, 0.29) is 17.3 Å². The molecule has 2 fully saturated rings. The van der Waals surface area contributed by atoms with Crippen molar-refractivity contribution in [1.82, 2.24) is 29.9 Å². The van der Waals surface area contributed by atoms with Crippen LogP contribution in [0.5, 0.6) is 0 Å². The quantitative estimate of drug-likeness (QED) is 0.412. The SMILES string of the molecule is O=C(c1cc(Cl)ccc1-n1nccn1)N1CC[C@@H]2C[C@@]21c1nc2cc(C(F)(F)F)c(Cl)cc2[nH]1. The van der Waals surface area contributed by atoms with Gasteiger partial charge in [-0.05, 0) is 49.1 Å². The van der Waals surface area contributed by atoms with Crippen LogP contribution < -0.4 is 0 Å². The number of amides is 1. The fraction of sp³-hybridized carbons (Fsp3) is 0.273. The minimum Gasteiger partial charge on any atom is -0.340 e. The molecular weight excluding hydrogens is 492 g/mol. The molecule has 1 aliphatic heterocycles. The Hall–Kier alpha value is -3.11. The van der Waals surface area contributed by atoms with Gasteiger partial charge in [-0.3, -0.25) is 4.79 Å². The third-order valence-electron chi connectivity index (χ3n) is 6.61. The third kappa shape index (κ3) is 3.12. The van der Waals surface area contributed by atoms with Gasteiger partial charge < -0.3 is 9.88 Å². The number of aromatic amines is 1. The lowest BCUT2D eigenvalue weighted by Crippen LogP contribution is -2.39. The second-order valence-corrected chi connectivity index (χ2v) is 9.33. The maximum atomic E-state index is 13.8. The van der Waals surface area contributed by atoms with Crippen LogP contribution in [-0.2, 0) is 11.7 Å². The number of benzene rings is 2. The zero-order valence-corrected chi connectivity index (χ0v) is 18.8. The van der Waals surface area contributed by atoms with E-state index in [1.54, 1.807) is 23.1 Å². The smallest absolute Gasteiger partial charge is 0.340 e. The van der Waals surface area contributed by atoms with Gasteiger partial charge in [-0.25, -0.2) is 4.98 Å². The molecule has 4 aromatic rings. The van der Waals surface area contributed by atoms with Crippen molar-refractivity contribution in [3.8, 4) is 5.69 Å². The number of rotatable bonds is 3. The number of nitrogens with zero attached hydrogens (tertiary/aromatic N) is 5. The first-order chi connectivity index (χ1) is 16.2. The lowest BCUT2D eigenvalue weighted by atomic mass is 10.1. The molecule has 0 radical (unpaired) electrons. The summed E-state index contributed by atoms with van der Waals surface area (Å²) in [7, 11) is 0. The predicted octanol–water partition coefficient (Wildman–Crippen LogP) is 5.23. The summed E-state index contributed by atoms with van der Waals surface area (Å²) in [6, 6.07) is 7.05. The summed E-state index contributed by atoms with van der Waals surface area (Å²) in [4.78, 5) is 24.4. The van der Waals surface area contributed by atoms with Crippen molar-refractivity contribution in [2.24, 2.45) is 5.92 Å². The van der Waals surface area contributed by atoms with Crippen LogP contribution in [0.1, 0.15) is 34.6 Å². The topological polar surface area (TPSA) is 79.7 Å². The van der Waals surface area contributed by atoms with E-state index in [0.29, 0.717) is 40.6 Å². The van der Waals surface area contributed by atoms with E-state index in [1.165, 1.54) is 23.3 Å². The molecule has 2 atom stereocenters. The Morgan fingerprint density at radius 2 is 1.91 bits per heavy atom. The molecule has 2 aromatic carbocycles. The van der Waals surface area contributed by atoms with Crippen LogP contribution in [0.4, 0.5) is 13.2 Å². The van der Waals surface area contributed by atoms with Gasteiger partial charge in [0.25, 0.3) is 5.91 Å². The number of halogens is 5. The van der Waals surface area contributed by atoms with E-state index >= 15 is 0 Å². The number of likely N-dealkylation sites (tertiary alicyclic amines) is 1. The van der Waals surface area contributed by atoms with Crippen LogP contribution in [0.25, 0.3) is 16.7 Å². The van der Waals surface area contributed by atoms with Gasteiger partial charge in [0.1, 0.15) is 11.4 Å². The van der Waals surface area contributed by atoms with Crippen molar-refractivity contribution >= 4 is 40.1 Å². The van der Waals surface area contributed by atoms with Crippen molar-refractivity contribution in [2.45, 2.75) is 24.6 Å². The van der Waals surface area contributed by atoms with Gasteiger partial charge in [0.05, 0.1) is 45.3 Å². The number of carbonyl (C=O) groups excluding carboxylic acids is 1. The first-order valence-electron chi connectivity index (χ1n) is 10.4. The summed E-state index contributed by atoms with van der Waals surface area (Å²) in [5, 5.41) is 8.23. The highest BCUT2D eigenvalue weighted by atomic mass is 35.5. The summed E-state index contributed by atoms with van der Waals surface area (Å²) < 4.78 is 39.9. The first kappa shape index (κ1) is 21.4. The van der Waals surface area contributed by atoms with Crippen LogP contribution in [0.15, 0.2) is 42.7 Å². The number of piperidine rings is 1. The monoisotopic (exact) mass is 506 g/mol. The Kier molecular flexibility index (Phi) is 4.53. The van der Waals surface area contributed by atoms with Crippen molar-refractivity contribution in [2.75, 3.05) is 6.54 Å². The summed E-state index contributed by atoms with van der Waals surface area (Å²) in [5.41, 5.74) is -0.331. The number of hydrogen-bond acceptors (Lipinski definition) is 4. The molecule has 1 saturated carbocycles. The fourth-order valence-corrected chi connectivity index (χ4v) is 5.41. The van der Waals surface area contributed by atoms with Crippen molar-refractivity contribution in [1.29, 1.82) is 0 Å². The normalized spacial score (nSPS) is 21.8. The minimum atomic E-state index is -4.59. The van der Waals surface area contributed by atoms with Crippen LogP contribution in [-0.4, -0.2) is 42.3 Å². The van der Waals surface area contributed by atoms with E-state index in [4.69, 9.17) is 23.2 Å². The number of carbonyl (C=O) groups is 1. The molecule has 3 heterocycles. The first-order valence-corrected chi connectivity index (χ1v) is 11.2. The number of alkyl halides is 3.